The molecule has 1 aromatic rings. The van der Waals surface area contributed by atoms with Crippen LogP contribution >= 0.6 is 11.6 Å². The van der Waals surface area contributed by atoms with Gasteiger partial charge < -0.3 is 10.2 Å². The van der Waals surface area contributed by atoms with Crippen molar-refractivity contribution in [2.45, 2.75) is 37.8 Å². The zero-order valence-corrected chi connectivity index (χ0v) is 10.5. The van der Waals surface area contributed by atoms with Crippen molar-refractivity contribution >= 4 is 17.4 Å². The summed E-state index contributed by atoms with van der Waals surface area (Å²) in [5.41, 5.74) is 0. The minimum absolute atomic E-state index is 0.473. The van der Waals surface area contributed by atoms with Gasteiger partial charge in [-0.25, -0.2) is 9.97 Å². The summed E-state index contributed by atoms with van der Waals surface area (Å²) in [5, 5.41) is 3.90. The number of aromatic nitrogens is 2. The number of anilines is 1. The molecule has 2 fully saturated rings. The highest BCUT2D eigenvalue weighted by molar-refractivity contribution is 6.31. The highest BCUT2D eigenvalue weighted by atomic mass is 35.5. The van der Waals surface area contributed by atoms with Gasteiger partial charge in [0.15, 0.2) is 11.0 Å². The molecular weight excluding hydrogens is 236 g/mol. The van der Waals surface area contributed by atoms with Gasteiger partial charge in [-0.05, 0) is 32.2 Å². The molecule has 1 aromatic heterocycles. The molecule has 2 saturated heterocycles. The van der Waals surface area contributed by atoms with E-state index in [1.54, 1.807) is 12.4 Å². The van der Waals surface area contributed by atoms with Crippen molar-refractivity contribution in [3.05, 3.63) is 17.5 Å². The summed E-state index contributed by atoms with van der Waals surface area (Å²) in [6, 6.07) is 1.25. The van der Waals surface area contributed by atoms with Crippen LogP contribution in [0.1, 0.15) is 25.7 Å². The van der Waals surface area contributed by atoms with Gasteiger partial charge in [0.05, 0.1) is 0 Å². The maximum Gasteiger partial charge on any atom is 0.171 e. The van der Waals surface area contributed by atoms with Crippen LogP contribution < -0.4 is 5.32 Å². The van der Waals surface area contributed by atoms with Crippen molar-refractivity contribution in [1.29, 1.82) is 0 Å². The summed E-state index contributed by atoms with van der Waals surface area (Å²) in [7, 11) is 0. The van der Waals surface area contributed by atoms with Gasteiger partial charge in [0.2, 0.25) is 0 Å². The number of nitrogens with one attached hydrogen (secondary N) is 1. The van der Waals surface area contributed by atoms with E-state index in [1.807, 2.05) is 0 Å². The number of fused-ring (bicyclic) bond motifs is 1. The van der Waals surface area contributed by atoms with Crippen LogP contribution in [0.2, 0.25) is 5.15 Å². The van der Waals surface area contributed by atoms with Crippen LogP contribution in [-0.4, -0.2) is 40.0 Å². The molecule has 17 heavy (non-hydrogen) atoms. The second-order valence-corrected chi connectivity index (χ2v) is 5.25. The van der Waals surface area contributed by atoms with Gasteiger partial charge >= 0.3 is 0 Å². The lowest BCUT2D eigenvalue weighted by molar-refractivity contribution is 0.188. The fourth-order valence-electron chi connectivity index (χ4n) is 2.97. The molecule has 5 heteroatoms. The van der Waals surface area contributed by atoms with Crippen LogP contribution in [0.3, 0.4) is 0 Å². The van der Waals surface area contributed by atoms with Gasteiger partial charge in [-0.15, -0.1) is 0 Å². The number of rotatable bonds is 2. The van der Waals surface area contributed by atoms with Crippen LogP contribution in [0.4, 0.5) is 5.82 Å². The standard InChI is InChI=1S/C12H17ClN4/c13-11-12(15-5-4-14-11)16-9-3-7-17-6-1-2-10(17)8-9/h4-5,9-10H,1-3,6-8H2,(H,15,16). The van der Waals surface area contributed by atoms with E-state index in [0.29, 0.717) is 11.2 Å². The molecule has 2 aliphatic heterocycles. The zero-order valence-electron chi connectivity index (χ0n) is 9.77. The quantitative estimate of drug-likeness (QED) is 0.876. The molecule has 0 aliphatic carbocycles. The molecule has 2 atom stereocenters. The molecule has 0 aromatic carbocycles. The predicted molar refractivity (Wildman–Crippen MR) is 68.3 cm³/mol. The highest BCUT2D eigenvalue weighted by Crippen LogP contribution is 2.29. The number of hydrogen-bond donors (Lipinski definition) is 1. The molecule has 4 nitrogen and oxygen atoms in total. The van der Waals surface area contributed by atoms with Gasteiger partial charge in [0.25, 0.3) is 0 Å². The Balaban J connectivity index is 1.64. The van der Waals surface area contributed by atoms with Crippen LogP contribution in [-0.2, 0) is 0 Å². The maximum atomic E-state index is 6.01. The monoisotopic (exact) mass is 252 g/mol. The maximum absolute atomic E-state index is 6.01. The third-order valence-corrected chi connectivity index (χ3v) is 4.09. The summed E-state index contributed by atoms with van der Waals surface area (Å²) in [4.78, 5) is 10.9. The topological polar surface area (TPSA) is 41.1 Å². The van der Waals surface area contributed by atoms with Crippen LogP contribution in [0.15, 0.2) is 12.4 Å². The predicted octanol–water partition coefficient (Wildman–Crippen LogP) is 2.17. The number of nitrogens with zero attached hydrogens (tertiary/aromatic N) is 3. The van der Waals surface area contributed by atoms with Crippen molar-refractivity contribution in [2.75, 3.05) is 18.4 Å². The Morgan fingerprint density at radius 3 is 3.00 bits per heavy atom. The third-order valence-electron chi connectivity index (χ3n) is 3.81. The first kappa shape index (κ1) is 11.2. The van der Waals surface area contributed by atoms with Crippen LogP contribution in [0, 0.1) is 0 Å². The summed E-state index contributed by atoms with van der Waals surface area (Å²) in [6.07, 6.45) is 8.36. The zero-order chi connectivity index (χ0) is 11.7. The molecule has 2 aliphatic rings. The first-order valence-corrected chi connectivity index (χ1v) is 6.68. The average molecular weight is 253 g/mol. The lowest BCUT2D eigenvalue weighted by Gasteiger charge is -2.35. The van der Waals surface area contributed by atoms with Crippen molar-refractivity contribution in [2.24, 2.45) is 0 Å². The van der Waals surface area contributed by atoms with E-state index in [2.05, 4.69) is 20.2 Å². The number of halogens is 1. The second kappa shape index (κ2) is 4.78. The summed E-state index contributed by atoms with van der Waals surface area (Å²) < 4.78 is 0. The normalized spacial score (nSPS) is 29.0. The molecule has 0 bridgehead atoms. The Labute approximate surface area is 106 Å². The Hall–Kier alpha value is -0.870. The highest BCUT2D eigenvalue weighted by Gasteiger charge is 2.31. The summed E-state index contributed by atoms with van der Waals surface area (Å²) in [5.74, 6) is 0.727. The van der Waals surface area contributed by atoms with Gasteiger partial charge in [-0.3, -0.25) is 0 Å². The molecule has 2 unspecified atom stereocenters. The van der Waals surface area contributed by atoms with Crippen molar-refractivity contribution in [3.8, 4) is 0 Å². The second-order valence-electron chi connectivity index (χ2n) is 4.89. The number of piperidine rings is 1. The van der Waals surface area contributed by atoms with Gasteiger partial charge in [0, 0.05) is 31.0 Å². The van der Waals surface area contributed by atoms with E-state index in [4.69, 9.17) is 11.6 Å². The SMILES string of the molecule is Clc1nccnc1NC1CCN2CCCC2C1. The van der Waals surface area contributed by atoms with Gasteiger partial charge in [0.1, 0.15) is 0 Å². The first-order chi connectivity index (χ1) is 8.33. The first-order valence-electron chi connectivity index (χ1n) is 6.30. The molecule has 3 heterocycles. The van der Waals surface area contributed by atoms with Crippen molar-refractivity contribution < 1.29 is 0 Å². The van der Waals surface area contributed by atoms with Crippen LogP contribution in [0.5, 0.6) is 0 Å². The fraction of sp³-hybridized carbons (Fsp3) is 0.667. The smallest absolute Gasteiger partial charge is 0.171 e. The van der Waals surface area contributed by atoms with Gasteiger partial charge in [-0.1, -0.05) is 11.6 Å². The Kier molecular flexibility index (Phi) is 3.16. The summed E-state index contributed by atoms with van der Waals surface area (Å²) >= 11 is 6.01. The molecule has 92 valence electrons. The molecule has 0 spiro atoms. The lowest BCUT2D eigenvalue weighted by atomic mass is 9.98. The van der Waals surface area contributed by atoms with E-state index >= 15 is 0 Å². The molecule has 3 rings (SSSR count). The molecule has 0 saturated carbocycles. The molecular formula is C12H17ClN4. The average Bonchev–Trinajstić information content (AvgIpc) is 2.79. The summed E-state index contributed by atoms with van der Waals surface area (Å²) in [6.45, 7) is 2.48. The lowest BCUT2D eigenvalue weighted by Crippen LogP contribution is -2.42. The van der Waals surface area contributed by atoms with E-state index in [1.165, 1.54) is 38.8 Å². The van der Waals surface area contributed by atoms with E-state index in [9.17, 15) is 0 Å². The Morgan fingerprint density at radius 2 is 2.12 bits per heavy atom. The number of hydrogen-bond acceptors (Lipinski definition) is 4. The minimum Gasteiger partial charge on any atom is -0.365 e. The van der Waals surface area contributed by atoms with Gasteiger partial charge in [-0.2, -0.15) is 0 Å². The Morgan fingerprint density at radius 1 is 1.24 bits per heavy atom. The van der Waals surface area contributed by atoms with Crippen molar-refractivity contribution in [3.63, 3.8) is 0 Å². The third kappa shape index (κ3) is 2.38. The van der Waals surface area contributed by atoms with E-state index < -0.39 is 0 Å². The molecule has 1 N–H and O–H groups in total. The van der Waals surface area contributed by atoms with Crippen molar-refractivity contribution in [1.82, 2.24) is 14.9 Å². The largest absolute Gasteiger partial charge is 0.365 e. The minimum atomic E-state index is 0.473. The van der Waals surface area contributed by atoms with E-state index in [0.717, 1.165) is 11.9 Å². The molecule has 0 radical (unpaired) electrons. The van der Waals surface area contributed by atoms with Crippen LogP contribution in [0.25, 0.3) is 0 Å². The fourth-order valence-corrected chi connectivity index (χ4v) is 3.13. The van der Waals surface area contributed by atoms with E-state index in [-0.39, 0.29) is 0 Å². The Bertz CT molecular complexity index is 398. The molecule has 0 amide bonds.